The molecule has 0 unspecified atom stereocenters. The van der Waals surface area contributed by atoms with Gasteiger partial charge in [-0.3, -0.25) is 4.68 Å². The minimum absolute atomic E-state index is 0.208. The van der Waals surface area contributed by atoms with Crippen LogP contribution in [0.4, 0.5) is 0 Å². The van der Waals surface area contributed by atoms with Gasteiger partial charge in [-0.2, -0.15) is 5.10 Å². The highest BCUT2D eigenvalue weighted by Crippen LogP contribution is 2.03. The average molecular weight is 182 g/mol. The van der Waals surface area contributed by atoms with Crippen LogP contribution in [0.3, 0.4) is 0 Å². The lowest BCUT2D eigenvalue weighted by Gasteiger charge is -2.05. The monoisotopic (exact) mass is 182 g/mol. The number of aliphatic hydroxyl groups excluding tert-OH is 1. The highest BCUT2D eigenvalue weighted by Gasteiger charge is 2.00. The zero-order valence-corrected chi connectivity index (χ0v) is 8.24. The predicted octanol–water partition coefficient (Wildman–Crippen LogP) is 1.61. The molecule has 74 valence electrons. The van der Waals surface area contributed by atoms with Crippen LogP contribution in [0.5, 0.6) is 0 Å². The molecule has 13 heavy (non-hydrogen) atoms. The number of hydrogen-bond donors (Lipinski definition) is 1. The second-order valence-corrected chi connectivity index (χ2v) is 3.23. The number of hydrogen-bond acceptors (Lipinski definition) is 2. The summed E-state index contributed by atoms with van der Waals surface area (Å²) in [5.41, 5.74) is 1.14. The van der Waals surface area contributed by atoms with Crippen LogP contribution in [0.15, 0.2) is 12.3 Å². The van der Waals surface area contributed by atoms with Crippen molar-refractivity contribution in [1.29, 1.82) is 0 Å². The summed E-state index contributed by atoms with van der Waals surface area (Å²) < 4.78 is 1.99. The van der Waals surface area contributed by atoms with E-state index in [0.717, 1.165) is 12.2 Å². The minimum atomic E-state index is 0.208. The van der Waals surface area contributed by atoms with E-state index >= 15 is 0 Å². The van der Waals surface area contributed by atoms with Crippen molar-refractivity contribution in [3.63, 3.8) is 0 Å². The predicted molar refractivity (Wildman–Crippen MR) is 52.5 cm³/mol. The van der Waals surface area contributed by atoms with Gasteiger partial charge in [-0.1, -0.05) is 19.8 Å². The molecular weight excluding hydrogens is 164 g/mol. The van der Waals surface area contributed by atoms with Crippen LogP contribution < -0.4 is 0 Å². The Morgan fingerprint density at radius 2 is 2.31 bits per heavy atom. The maximum Gasteiger partial charge on any atom is 0.0492 e. The van der Waals surface area contributed by atoms with Gasteiger partial charge in [0.05, 0.1) is 0 Å². The number of aromatic nitrogens is 2. The van der Waals surface area contributed by atoms with E-state index in [2.05, 4.69) is 12.0 Å². The minimum Gasteiger partial charge on any atom is -0.396 e. The van der Waals surface area contributed by atoms with E-state index < -0.39 is 0 Å². The Morgan fingerprint density at radius 1 is 1.46 bits per heavy atom. The Balaban J connectivity index is 2.40. The Hall–Kier alpha value is -0.830. The highest BCUT2D eigenvalue weighted by atomic mass is 16.3. The van der Waals surface area contributed by atoms with Crippen molar-refractivity contribution in [2.24, 2.45) is 0 Å². The molecule has 0 amide bonds. The maximum atomic E-state index is 8.79. The van der Waals surface area contributed by atoms with E-state index in [1.54, 1.807) is 6.20 Å². The molecule has 0 atom stereocenters. The fourth-order valence-corrected chi connectivity index (χ4v) is 1.40. The Kier molecular flexibility index (Phi) is 4.54. The summed E-state index contributed by atoms with van der Waals surface area (Å²) in [5, 5.41) is 13.0. The first kappa shape index (κ1) is 10.3. The summed E-state index contributed by atoms with van der Waals surface area (Å²) in [6.07, 6.45) is 6.18. The van der Waals surface area contributed by atoms with Crippen LogP contribution in [0, 0.1) is 0 Å². The first-order valence-corrected chi connectivity index (χ1v) is 5.00. The molecule has 3 heteroatoms. The van der Waals surface area contributed by atoms with Crippen molar-refractivity contribution in [1.82, 2.24) is 9.78 Å². The van der Waals surface area contributed by atoms with Crippen molar-refractivity contribution in [2.75, 3.05) is 6.61 Å². The molecule has 1 rings (SSSR count). The normalized spacial score (nSPS) is 10.6. The number of aliphatic hydroxyl groups is 1. The Labute approximate surface area is 79.4 Å². The SMILES string of the molecule is CCCCCn1nccc1CCO. The van der Waals surface area contributed by atoms with Gasteiger partial charge in [0.15, 0.2) is 0 Å². The lowest BCUT2D eigenvalue weighted by molar-refractivity contribution is 0.295. The summed E-state index contributed by atoms with van der Waals surface area (Å²) in [6.45, 7) is 3.38. The number of rotatable bonds is 6. The fourth-order valence-electron chi connectivity index (χ4n) is 1.40. The van der Waals surface area contributed by atoms with Crippen molar-refractivity contribution in [3.8, 4) is 0 Å². The smallest absolute Gasteiger partial charge is 0.0492 e. The van der Waals surface area contributed by atoms with Gasteiger partial charge >= 0.3 is 0 Å². The van der Waals surface area contributed by atoms with Crippen molar-refractivity contribution in [2.45, 2.75) is 39.2 Å². The zero-order valence-electron chi connectivity index (χ0n) is 8.24. The van der Waals surface area contributed by atoms with Crippen molar-refractivity contribution >= 4 is 0 Å². The van der Waals surface area contributed by atoms with Gasteiger partial charge in [-0.05, 0) is 12.5 Å². The molecular formula is C10H18N2O. The van der Waals surface area contributed by atoms with E-state index in [4.69, 9.17) is 5.11 Å². The molecule has 1 aromatic heterocycles. The third kappa shape index (κ3) is 3.19. The number of unbranched alkanes of at least 4 members (excludes halogenated alkanes) is 2. The van der Waals surface area contributed by atoms with Gasteiger partial charge in [0.2, 0.25) is 0 Å². The summed E-state index contributed by atoms with van der Waals surface area (Å²) >= 11 is 0. The highest BCUT2D eigenvalue weighted by molar-refractivity contribution is 5.00. The molecule has 0 saturated heterocycles. The van der Waals surface area contributed by atoms with Crippen LogP contribution in [0.25, 0.3) is 0 Å². The van der Waals surface area contributed by atoms with Gasteiger partial charge in [0.1, 0.15) is 0 Å². The van der Waals surface area contributed by atoms with Gasteiger partial charge < -0.3 is 5.11 Å². The lowest BCUT2D eigenvalue weighted by atomic mass is 10.2. The molecule has 0 aromatic carbocycles. The lowest BCUT2D eigenvalue weighted by Crippen LogP contribution is -2.06. The molecule has 0 fully saturated rings. The molecule has 0 aliphatic rings. The maximum absolute atomic E-state index is 8.79. The van der Waals surface area contributed by atoms with Crippen LogP contribution >= 0.6 is 0 Å². The van der Waals surface area contributed by atoms with Gasteiger partial charge in [0, 0.05) is 31.5 Å². The first-order valence-electron chi connectivity index (χ1n) is 5.00. The van der Waals surface area contributed by atoms with Gasteiger partial charge in [0.25, 0.3) is 0 Å². The summed E-state index contributed by atoms with van der Waals surface area (Å²) in [5.74, 6) is 0. The molecule has 0 aliphatic carbocycles. The fraction of sp³-hybridized carbons (Fsp3) is 0.700. The molecule has 3 nitrogen and oxygen atoms in total. The standard InChI is InChI=1S/C10H18N2O/c1-2-3-4-8-12-10(6-9-13)5-7-11-12/h5,7,13H,2-4,6,8-9H2,1H3. The molecule has 0 spiro atoms. The number of aryl methyl sites for hydroxylation is 1. The third-order valence-electron chi connectivity index (χ3n) is 2.15. The van der Waals surface area contributed by atoms with Crippen molar-refractivity contribution in [3.05, 3.63) is 18.0 Å². The Bertz CT molecular complexity index is 233. The van der Waals surface area contributed by atoms with Gasteiger partial charge in [-0.25, -0.2) is 0 Å². The second-order valence-electron chi connectivity index (χ2n) is 3.23. The van der Waals surface area contributed by atoms with E-state index in [1.807, 2.05) is 10.7 Å². The second kappa shape index (κ2) is 5.75. The van der Waals surface area contributed by atoms with Crippen LogP contribution in [0.2, 0.25) is 0 Å². The molecule has 0 bridgehead atoms. The van der Waals surface area contributed by atoms with E-state index in [-0.39, 0.29) is 6.61 Å². The summed E-state index contributed by atoms with van der Waals surface area (Å²) in [6, 6.07) is 1.97. The molecule has 0 radical (unpaired) electrons. The van der Waals surface area contributed by atoms with E-state index in [0.29, 0.717) is 6.42 Å². The van der Waals surface area contributed by atoms with E-state index in [9.17, 15) is 0 Å². The van der Waals surface area contributed by atoms with Crippen LogP contribution in [0.1, 0.15) is 31.9 Å². The molecule has 1 aromatic rings. The molecule has 1 N–H and O–H groups in total. The van der Waals surface area contributed by atoms with Gasteiger partial charge in [-0.15, -0.1) is 0 Å². The summed E-state index contributed by atoms with van der Waals surface area (Å²) in [7, 11) is 0. The first-order chi connectivity index (χ1) is 6.38. The number of nitrogens with zero attached hydrogens (tertiary/aromatic N) is 2. The third-order valence-corrected chi connectivity index (χ3v) is 2.15. The van der Waals surface area contributed by atoms with E-state index in [1.165, 1.54) is 19.3 Å². The van der Waals surface area contributed by atoms with Crippen molar-refractivity contribution < 1.29 is 5.11 Å². The van der Waals surface area contributed by atoms with Crippen LogP contribution in [-0.2, 0) is 13.0 Å². The largest absolute Gasteiger partial charge is 0.396 e. The van der Waals surface area contributed by atoms with Crippen LogP contribution in [-0.4, -0.2) is 21.5 Å². The zero-order chi connectivity index (χ0) is 9.52. The summed E-state index contributed by atoms with van der Waals surface area (Å²) in [4.78, 5) is 0. The quantitative estimate of drug-likeness (QED) is 0.679. The Morgan fingerprint density at radius 3 is 3.00 bits per heavy atom. The average Bonchev–Trinajstić information content (AvgIpc) is 2.54. The molecule has 0 saturated carbocycles. The molecule has 1 heterocycles. The topological polar surface area (TPSA) is 38.0 Å². The molecule has 0 aliphatic heterocycles.